The van der Waals surface area contributed by atoms with E-state index in [1.165, 1.54) is 0 Å². The van der Waals surface area contributed by atoms with Gasteiger partial charge in [0.1, 0.15) is 0 Å². The Hall–Kier alpha value is -0.910. The van der Waals surface area contributed by atoms with Crippen LogP contribution in [0.15, 0.2) is 24.3 Å². The molecule has 0 fully saturated rings. The first kappa shape index (κ1) is 10.2. The van der Waals surface area contributed by atoms with Crippen LogP contribution in [0.25, 0.3) is 0 Å². The van der Waals surface area contributed by atoms with Crippen molar-refractivity contribution in [3.8, 4) is 0 Å². The molecule has 0 heterocycles. The highest BCUT2D eigenvalue weighted by Crippen LogP contribution is 2.15. The molecule has 72 valence electrons. The zero-order chi connectivity index (χ0) is 9.68. The van der Waals surface area contributed by atoms with Crippen LogP contribution in [0.3, 0.4) is 0 Å². The van der Waals surface area contributed by atoms with Crippen LogP contribution in [0.2, 0.25) is 0 Å². The molecule has 5 heteroatoms. The van der Waals surface area contributed by atoms with E-state index in [0.717, 1.165) is 5.56 Å². The molecule has 0 spiro atoms. The molecule has 0 aliphatic heterocycles. The molecule has 0 aliphatic carbocycles. The van der Waals surface area contributed by atoms with Crippen molar-refractivity contribution in [2.24, 2.45) is 5.73 Å². The van der Waals surface area contributed by atoms with Crippen LogP contribution in [0, 0.1) is 0 Å². The minimum atomic E-state index is -2.27. The van der Waals surface area contributed by atoms with Crippen LogP contribution in [0.1, 0.15) is 5.56 Å². The van der Waals surface area contributed by atoms with Gasteiger partial charge in [-0.15, -0.1) is 0 Å². The van der Waals surface area contributed by atoms with Crippen molar-refractivity contribution in [2.75, 3.05) is 11.3 Å². The molecule has 0 aromatic heterocycles. The van der Waals surface area contributed by atoms with Gasteiger partial charge in [-0.1, -0.05) is 18.2 Å². The summed E-state index contributed by atoms with van der Waals surface area (Å²) in [5.41, 5.74) is 6.89. The normalized spacial score (nSPS) is 12.5. The van der Waals surface area contributed by atoms with E-state index < -0.39 is 11.3 Å². The number of benzene rings is 1. The molecule has 0 bridgehead atoms. The van der Waals surface area contributed by atoms with Crippen molar-refractivity contribution in [3.05, 3.63) is 29.8 Å². The summed E-state index contributed by atoms with van der Waals surface area (Å²) in [5, 5.41) is 0. The van der Waals surface area contributed by atoms with Crippen LogP contribution in [0.5, 0.6) is 0 Å². The number of hydrogen-bond donors (Lipinski definition) is 2. The van der Waals surface area contributed by atoms with Gasteiger partial charge in [0.2, 0.25) is 0 Å². The van der Waals surface area contributed by atoms with Crippen LogP contribution >= 0.6 is 0 Å². The molecule has 3 N–H and O–H groups in total. The third kappa shape index (κ3) is 3.14. The Labute approximate surface area is 79.6 Å². The lowest BCUT2D eigenvalue weighted by Gasteiger charge is -2.12. The molecule has 1 aromatic carbocycles. The molecule has 13 heavy (non-hydrogen) atoms. The Bertz CT molecular complexity index is 304. The maximum atomic E-state index is 10.4. The van der Waals surface area contributed by atoms with E-state index in [0.29, 0.717) is 18.7 Å². The highest BCUT2D eigenvalue weighted by atomic mass is 32.2. The van der Waals surface area contributed by atoms with Crippen LogP contribution in [-0.2, 0) is 17.7 Å². The molecule has 0 saturated heterocycles. The molecule has 0 radical (unpaired) electrons. The second-order valence-corrected chi connectivity index (χ2v) is 3.21. The Morgan fingerprint density at radius 3 is 2.77 bits per heavy atom. The zero-order valence-electron chi connectivity index (χ0n) is 7.03. The van der Waals surface area contributed by atoms with Crippen molar-refractivity contribution >= 4 is 17.0 Å². The van der Waals surface area contributed by atoms with Gasteiger partial charge in [0.15, 0.2) is 0 Å². The average molecular weight is 199 g/mol. The molecule has 1 unspecified atom stereocenters. The van der Waals surface area contributed by atoms with Gasteiger partial charge in [-0.3, -0.25) is 4.21 Å². The fourth-order valence-electron chi connectivity index (χ4n) is 1.08. The summed E-state index contributed by atoms with van der Waals surface area (Å²) in [6.07, 6.45) is 0.667. The smallest absolute Gasteiger partial charge is 0.0484 e. The van der Waals surface area contributed by atoms with Gasteiger partial charge in [-0.25, -0.2) is 0 Å². The van der Waals surface area contributed by atoms with Gasteiger partial charge in [0.05, 0.1) is 0 Å². The number of anilines is 1. The highest BCUT2D eigenvalue weighted by Gasteiger charge is 1.98. The number of para-hydroxylation sites is 1. The van der Waals surface area contributed by atoms with Gasteiger partial charge >= 0.3 is 0 Å². The second kappa shape index (κ2) is 4.96. The summed E-state index contributed by atoms with van der Waals surface area (Å²) in [5.74, 6) is 0. The SMILES string of the molecule is NCCc1ccccc1NS(=O)[O-]. The third-order valence-corrected chi connectivity index (χ3v) is 2.01. The van der Waals surface area contributed by atoms with Crippen LogP contribution in [0.4, 0.5) is 5.69 Å². The lowest BCUT2D eigenvalue weighted by atomic mass is 10.1. The first-order valence-electron chi connectivity index (χ1n) is 3.88. The summed E-state index contributed by atoms with van der Waals surface area (Å²) in [7, 11) is 0. The molecule has 1 aromatic rings. The second-order valence-electron chi connectivity index (χ2n) is 2.53. The summed E-state index contributed by atoms with van der Waals surface area (Å²) in [6, 6.07) is 7.18. The predicted molar refractivity (Wildman–Crippen MR) is 51.7 cm³/mol. The fraction of sp³-hybridized carbons (Fsp3) is 0.250. The molecular weight excluding hydrogens is 188 g/mol. The number of hydrogen-bond acceptors (Lipinski definition) is 3. The standard InChI is InChI=1S/C8H12N2O2S/c9-6-5-7-3-1-2-4-8(7)10-13(11)12/h1-4,10H,5-6,9H2,(H,11,12)/p-1. The number of nitrogens with two attached hydrogens (primary N) is 1. The largest absolute Gasteiger partial charge is 0.755 e. The van der Waals surface area contributed by atoms with Crippen molar-refractivity contribution in [1.29, 1.82) is 0 Å². The lowest BCUT2D eigenvalue weighted by molar-refractivity contribution is 0.542. The van der Waals surface area contributed by atoms with E-state index in [9.17, 15) is 8.76 Å². The molecule has 1 atom stereocenters. The third-order valence-electron chi connectivity index (χ3n) is 1.62. The Balaban J connectivity index is 2.84. The van der Waals surface area contributed by atoms with Crippen molar-refractivity contribution in [3.63, 3.8) is 0 Å². The highest BCUT2D eigenvalue weighted by molar-refractivity contribution is 7.80. The molecule has 4 nitrogen and oxygen atoms in total. The first-order chi connectivity index (χ1) is 6.24. The minimum Gasteiger partial charge on any atom is -0.755 e. The van der Waals surface area contributed by atoms with E-state index >= 15 is 0 Å². The Morgan fingerprint density at radius 1 is 1.46 bits per heavy atom. The number of rotatable bonds is 4. The van der Waals surface area contributed by atoms with Gasteiger partial charge in [-0.05, 0) is 24.6 Å². The lowest BCUT2D eigenvalue weighted by Crippen LogP contribution is -2.08. The van der Waals surface area contributed by atoms with Gasteiger partial charge in [0, 0.05) is 17.0 Å². The molecule has 0 aliphatic rings. The summed E-state index contributed by atoms with van der Waals surface area (Å²) >= 11 is -2.27. The molecule has 0 saturated carbocycles. The monoisotopic (exact) mass is 199 g/mol. The van der Waals surface area contributed by atoms with Crippen molar-refractivity contribution < 1.29 is 8.76 Å². The minimum absolute atomic E-state index is 0.504. The molecular formula is C8H11N2O2S-. The quantitative estimate of drug-likeness (QED) is 0.689. The maximum absolute atomic E-state index is 10.4. The molecule has 1 rings (SSSR count). The van der Waals surface area contributed by atoms with E-state index in [1.807, 2.05) is 12.1 Å². The van der Waals surface area contributed by atoms with E-state index in [4.69, 9.17) is 5.73 Å². The maximum Gasteiger partial charge on any atom is 0.0484 e. The zero-order valence-corrected chi connectivity index (χ0v) is 7.84. The van der Waals surface area contributed by atoms with E-state index in [1.54, 1.807) is 12.1 Å². The van der Waals surface area contributed by atoms with E-state index in [-0.39, 0.29) is 0 Å². The topological polar surface area (TPSA) is 78.2 Å². The summed E-state index contributed by atoms with van der Waals surface area (Å²) < 4.78 is 23.1. The summed E-state index contributed by atoms with van der Waals surface area (Å²) in [6.45, 7) is 0.504. The van der Waals surface area contributed by atoms with Gasteiger partial charge < -0.3 is 15.0 Å². The first-order valence-corrected chi connectivity index (χ1v) is 4.95. The average Bonchev–Trinajstić information content (AvgIpc) is 2.08. The molecule has 0 amide bonds. The van der Waals surface area contributed by atoms with Crippen LogP contribution in [-0.4, -0.2) is 15.3 Å². The van der Waals surface area contributed by atoms with E-state index in [2.05, 4.69) is 4.72 Å². The van der Waals surface area contributed by atoms with Crippen molar-refractivity contribution in [1.82, 2.24) is 0 Å². The van der Waals surface area contributed by atoms with Crippen LogP contribution < -0.4 is 10.5 Å². The van der Waals surface area contributed by atoms with Gasteiger partial charge in [0.25, 0.3) is 0 Å². The predicted octanol–water partition coefficient (Wildman–Crippen LogP) is 0.394. The Morgan fingerprint density at radius 2 is 2.15 bits per heavy atom. The van der Waals surface area contributed by atoms with Crippen molar-refractivity contribution in [2.45, 2.75) is 6.42 Å². The number of nitrogens with one attached hydrogen (secondary N) is 1. The fourth-order valence-corrected chi connectivity index (χ4v) is 1.46. The summed E-state index contributed by atoms with van der Waals surface area (Å²) in [4.78, 5) is 0. The van der Waals surface area contributed by atoms with Gasteiger partial charge in [-0.2, -0.15) is 0 Å². The Kier molecular flexibility index (Phi) is 3.88.